The first kappa shape index (κ1) is 14.9. The fourth-order valence-corrected chi connectivity index (χ4v) is 2.22. The van der Waals surface area contributed by atoms with Gasteiger partial charge in [0.15, 0.2) is 0 Å². The molecule has 7 heteroatoms. The number of likely N-dealkylation sites (N-methyl/N-ethyl adjacent to an activating group) is 1. The Morgan fingerprint density at radius 2 is 2.10 bits per heavy atom. The highest BCUT2D eigenvalue weighted by molar-refractivity contribution is 6.30. The number of aromatic nitrogens is 3. The summed E-state index contributed by atoms with van der Waals surface area (Å²) < 4.78 is 29.2. The summed E-state index contributed by atoms with van der Waals surface area (Å²) in [6.07, 6.45) is 1.85. The molecule has 0 fully saturated rings. The van der Waals surface area contributed by atoms with Crippen LogP contribution in [0, 0.1) is 11.6 Å². The van der Waals surface area contributed by atoms with Crippen molar-refractivity contribution in [3.8, 4) is 0 Å². The van der Waals surface area contributed by atoms with Crippen molar-refractivity contribution in [3.05, 3.63) is 46.5 Å². The van der Waals surface area contributed by atoms with Crippen LogP contribution in [-0.4, -0.2) is 21.8 Å². The third-order valence-corrected chi connectivity index (χ3v) is 3.44. The Hall–Kier alpha value is -1.53. The third-order valence-electron chi connectivity index (χ3n) is 3.15. The summed E-state index contributed by atoms with van der Waals surface area (Å²) in [7, 11) is 1.68. The summed E-state index contributed by atoms with van der Waals surface area (Å²) in [4.78, 5) is 4.14. The molecule has 1 N–H and O–H groups in total. The van der Waals surface area contributed by atoms with E-state index in [4.69, 9.17) is 11.6 Å². The first-order valence-electron chi connectivity index (χ1n) is 6.25. The van der Waals surface area contributed by atoms with Crippen LogP contribution in [0.3, 0.4) is 0 Å². The molecule has 0 bridgehead atoms. The fraction of sp³-hybridized carbons (Fsp3) is 0.385. The van der Waals surface area contributed by atoms with Crippen molar-refractivity contribution >= 4 is 11.6 Å². The van der Waals surface area contributed by atoms with Crippen molar-refractivity contribution in [3.63, 3.8) is 0 Å². The Labute approximate surface area is 120 Å². The van der Waals surface area contributed by atoms with Crippen LogP contribution in [0.25, 0.3) is 0 Å². The number of rotatable bonds is 5. The summed E-state index contributed by atoms with van der Waals surface area (Å²) >= 11 is 5.56. The van der Waals surface area contributed by atoms with Crippen LogP contribution in [0.15, 0.2) is 18.5 Å². The van der Waals surface area contributed by atoms with E-state index < -0.39 is 17.7 Å². The predicted octanol–water partition coefficient (Wildman–Crippen LogP) is 2.73. The van der Waals surface area contributed by atoms with Crippen molar-refractivity contribution in [2.24, 2.45) is 0 Å². The normalized spacial score (nSPS) is 12.7. The number of hydrogen-bond acceptors (Lipinski definition) is 3. The first-order chi connectivity index (χ1) is 9.56. The van der Waals surface area contributed by atoms with E-state index >= 15 is 0 Å². The van der Waals surface area contributed by atoms with E-state index in [2.05, 4.69) is 15.4 Å². The number of nitrogens with zero attached hydrogens (tertiary/aromatic N) is 3. The van der Waals surface area contributed by atoms with Crippen molar-refractivity contribution in [1.82, 2.24) is 20.1 Å². The Balaban J connectivity index is 2.31. The molecule has 0 spiro atoms. The third kappa shape index (κ3) is 2.96. The summed E-state index contributed by atoms with van der Waals surface area (Å²) in [6, 6.07) is 1.70. The van der Waals surface area contributed by atoms with Crippen LogP contribution < -0.4 is 5.32 Å². The van der Waals surface area contributed by atoms with E-state index in [0.29, 0.717) is 18.8 Å². The lowest BCUT2D eigenvalue weighted by Gasteiger charge is -2.17. The second-order valence-electron chi connectivity index (χ2n) is 4.33. The maximum Gasteiger partial charge on any atom is 0.142 e. The molecule has 0 aliphatic rings. The maximum atomic E-state index is 13.9. The molecule has 0 aliphatic carbocycles. The van der Waals surface area contributed by atoms with E-state index in [1.165, 1.54) is 6.33 Å². The van der Waals surface area contributed by atoms with Crippen molar-refractivity contribution in [2.75, 3.05) is 7.05 Å². The van der Waals surface area contributed by atoms with E-state index in [0.717, 1.165) is 12.1 Å². The van der Waals surface area contributed by atoms with Crippen LogP contribution >= 0.6 is 11.6 Å². The number of aryl methyl sites for hydroxylation is 1. The molecular formula is C13H15ClF2N4. The fourth-order valence-electron chi connectivity index (χ4n) is 2.07. The highest BCUT2D eigenvalue weighted by Gasteiger charge is 2.19. The lowest BCUT2D eigenvalue weighted by molar-refractivity contribution is 0.498. The Morgan fingerprint density at radius 3 is 2.75 bits per heavy atom. The smallest absolute Gasteiger partial charge is 0.142 e. The van der Waals surface area contributed by atoms with E-state index in [9.17, 15) is 8.78 Å². The highest BCUT2D eigenvalue weighted by atomic mass is 35.5. The second kappa shape index (κ2) is 6.28. The van der Waals surface area contributed by atoms with Gasteiger partial charge in [-0.25, -0.2) is 13.8 Å². The number of halogens is 3. The van der Waals surface area contributed by atoms with E-state index in [1.54, 1.807) is 11.7 Å². The molecule has 20 heavy (non-hydrogen) atoms. The lowest BCUT2D eigenvalue weighted by Crippen LogP contribution is -2.22. The standard InChI is InChI=1S/C13H15ClF2N4/c1-3-20-13(18-7-19-20)6-12(17-2)8-4-11(16)9(14)5-10(8)15/h4-5,7,12,17H,3,6H2,1-2H3. The zero-order valence-electron chi connectivity index (χ0n) is 11.2. The zero-order chi connectivity index (χ0) is 14.7. The van der Waals surface area contributed by atoms with Crippen LogP contribution in [0.2, 0.25) is 5.02 Å². The molecule has 0 radical (unpaired) electrons. The van der Waals surface area contributed by atoms with Gasteiger partial charge < -0.3 is 5.32 Å². The van der Waals surface area contributed by atoms with Gasteiger partial charge in [-0.1, -0.05) is 11.6 Å². The van der Waals surface area contributed by atoms with Gasteiger partial charge in [0.2, 0.25) is 0 Å². The molecule has 1 atom stereocenters. The van der Waals surface area contributed by atoms with Gasteiger partial charge >= 0.3 is 0 Å². The molecule has 108 valence electrons. The molecule has 1 heterocycles. The average Bonchev–Trinajstić information content (AvgIpc) is 2.87. The summed E-state index contributed by atoms with van der Waals surface area (Å²) in [6.45, 7) is 2.61. The minimum atomic E-state index is -0.639. The SMILES string of the molecule is CCn1ncnc1CC(NC)c1cc(F)c(Cl)cc1F. The largest absolute Gasteiger partial charge is 0.313 e. The molecule has 2 aromatic rings. The van der Waals surface area contributed by atoms with Crippen LogP contribution in [0.5, 0.6) is 0 Å². The Morgan fingerprint density at radius 1 is 1.35 bits per heavy atom. The van der Waals surface area contributed by atoms with Gasteiger partial charge in [-0.05, 0) is 26.1 Å². The number of benzene rings is 1. The Bertz CT molecular complexity index is 600. The van der Waals surface area contributed by atoms with Crippen molar-refractivity contribution in [1.29, 1.82) is 0 Å². The predicted molar refractivity (Wildman–Crippen MR) is 72.6 cm³/mol. The van der Waals surface area contributed by atoms with Gasteiger partial charge in [-0.3, -0.25) is 4.68 Å². The molecule has 0 aliphatic heterocycles. The number of hydrogen-bond donors (Lipinski definition) is 1. The molecule has 4 nitrogen and oxygen atoms in total. The van der Waals surface area contributed by atoms with Crippen LogP contribution in [0.4, 0.5) is 8.78 Å². The first-order valence-corrected chi connectivity index (χ1v) is 6.63. The molecule has 0 saturated carbocycles. The van der Waals surface area contributed by atoms with E-state index in [1.807, 2.05) is 6.92 Å². The molecule has 0 amide bonds. The summed E-state index contributed by atoms with van der Waals surface area (Å²) in [5.74, 6) is -0.472. The summed E-state index contributed by atoms with van der Waals surface area (Å²) in [5, 5.41) is 6.80. The lowest BCUT2D eigenvalue weighted by atomic mass is 10.0. The van der Waals surface area contributed by atoms with Gasteiger partial charge in [0.25, 0.3) is 0 Å². The zero-order valence-corrected chi connectivity index (χ0v) is 12.0. The minimum absolute atomic E-state index is 0.222. The van der Waals surface area contributed by atoms with Gasteiger partial charge in [0, 0.05) is 24.6 Å². The molecule has 1 aromatic heterocycles. The minimum Gasteiger partial charge on any atom is -0.313 e. The second-order valence-corrected chi connectivity index (χ2v) is 4.73. The molecule has 0 saturated heterocycles. The molecule has 2 rings (SSSR count). The summed E-state index contributed by atoms with van der Waals surface area (Å²) in [5.41, 5.74) is 0.222. The van der Waals surface area contributed by atoms with Gasteiger partial charge in [-0.15, -0.1) is 0 Å². The van der Waals surface area contributed by atoms with Gasteiger partial charge in [-0.2, -0.15) is 5.10 Å². The van der Waals surface area contributed by atoms with Gasteiger partial charge in [0.1, 0.15) is 23.8 Å². The monoisotopic (exact) mass is 300 g/mol. The van der Waals surface area contributed by atoms with E-state index in [-0.39, 0.29) is 10.6 Å². The van der Waals surface area contributed by atoms with Crippen molar-refractivity contribution in [2.45, 2.75) is 25.9 Å². The molecule has 1 aromatic carbocycles. The van der Waals surface area contributed by atoms with Crippen LogP contribution in [0.1, 0.15) is 24.4 Å². The van der Waals surface area contributed by atoms with Crippen molar-refractivity contribution < 1.29 is 8.78 Å². The highest BCUT2D eigenvalue weighted by Crippen LogP contribution is 2.25. The number of nitrogens with one attached hydrogen (secondary N) is 1. The quantitative estimate of drug-likeness (QED) is 0.864. The molecular weight excluding hydrogens is 286 g/mol. The average molecular weight is 301 g/mol. The topological polar surface area (TPSA) is 42.7 Å². The molecule has 1 unspecified atom stereocenters. The van der Waals surface area contributed by atoms with Crippen LogP contribution in [-0.2, 0) is 13.0 Å². The maximum absolute atomic E-state index is 13.9. The van der Waals surface area contributed by atoms with Gasteiger partial charge in [0.05, 0.1) is 5.02 Å². The Kier molecular flexibility index (Phi) is 4.67.